The van der Waals surface area contributed by atoms with Gasteiger partial charge in [0.2, 0.25) is 5.91 Å². The molecule has 1 saturated carbocycles. The van der Waals surface area contributed by atoms with Crippen molar-refractivity contribution in [3.63, 3.8) is 0 Å². The minimum atomic E-state index is -0.0105. The standard InChI is InChI=1S/C10H18N2O/c1-2-3-9(13)12-6-8-4-5-10(8,11)7-12/h8H,2-7,11H2,1H3. The first kappa shape index (κ1) is 9.00. The highest BCUT2D eigenvalue weighted by atomic mass is 16.2. The zero-order valence-corrected chi connectivity index (χ0v) is 8.25. The van der Waals surface area contributed by atoms with Crippen molar-refractivity contribution in [1.82, 2.24) is 4.90 Å². The quantitative estimate of drug-likeness (QED) is 0.684. The highest BCUT2D eigenvalue weighted by Crippen LogP contribution is 2.42. The third-order valence-electron chi connectivity index (χ3n) is 3.51. The van der Waals surface area contributed by atoms with E-state index in [0.29, 0.717) is 18.2 Å². The van der Waals surface area contributed by atoms with E-state index in [4.69, 9.17) is 5.73 Å². The summed E-state index contributed by atoms with van der Waals surface area (Å²) < 4.78 is 0. The van der Waals surface area contributed by atoms with Gasteiger partial charge in [0.1, 0.15) is 0 Å². The van der Waals surface area contributed by atoms with Gasteiger partial charge in [-0.15, -0.1) is 0 Å². The van der Waals surface area contributed by atoms with E-state index >= 15 is 0 Å². The lowest BCUT2D eigenvalue weighted by molar-refractivity contribution is -0.130. The first-order valence-electron chi connectivity index (χ1n) is 5.22. The van der Waals surface area contributed by atoms with Crippen molar-refractivity contribution in [2.24, 2.45) is 11.7 Å². The molecular weight excluding hydrogens is 164 g/mol. The Kier molecular flexibility index (Phi) is 2.06. The summed E-state index contributed by atoms with van der Waals surface area (Å²) in [5.41, 5.74) is 6.13. The van der Waals surface area contributed by atoms with Gasteiger partial charge in [-0.2, -0.15) is 0 Å². The molecule has 0 aromatic carbocycles. The van der Waals surface area contributed by atoms with Crippen LogP contribution in [0.5, 0.6) is 0 Å². The predicted molar refractivity (Wildman–Crippen MR) is 51.1 cm³/mol. The number of hydrogen-bond donors (Lipinski definition) is 1. The summed E-state index contributed by atoms with van der Waals surface area (Å²) >= 11 is 0. The van der Waals surface area contributed by atoms with Gasteiger partial charge in [0, 0.05) is 25.0 Å². The first-order chi connectivity index (χ1) is 6.15. The number of nitrogens with zero attached hydrogens (tertiary/aromatic N) is 1. The number of likely N-dealkylation sites (tertiary alicyclic amines) is 1. The van der Waals surface area contributed by atoms with E-state index in [2.05, 4.69) is 0 Å². The van der Waals surface area contributed by atoms with Gasteiger partial charge in [0.15, 0.2) is 0 Å². The van der Waals surface area contributed by atoms with E-state index in [9.17, 15) is 4.79 Å². The fourth-order valence-electron chi connectivity index (χ4n) is 2.45. The van der Waals surface area contributed by atoms with Crippen LogP contribution in [0.1, 0.15) is 32.6 Å². The molecule has 0 aromatic rings. The highest BCUT2D eigenvalue weighted by Gasteiger charge is 2.50. The Labute approximate surface area is 79.3 Å². The molecular formula is C10H18N2O. The summed E-state index contributed by atoms with van der Waals surface area (Å²) in [5.74, 6) is 0.884. The van der Waals surface area contributed by atoms with E-state index < -0.39 is 0 Å². The smallest absolute Gasteiger partial charge is 0.222 e. The predicted octanol–water partition coefficient (Wildman–Crippen LogP) is 0.736. The van der Waals surface area contributed by atoms with Crippen molar-refractivity contribution in [2.75, 3.05) is 13.1 Å². The maximum absolute atomic E-state index is 11.6. The number of hydrogen-bond acceptors (Lipinski definition) is 2. The Morgan fingerprint density at radius 3 is 2.85 bits per heavy atom. The van der Waals surface area contributed by atoms with Gasteiger partial charge in [-0.05, 0) is 25.2 Å². The van der Waals surface area contributed by atoms with E-state index in [1.54, 1.807) is 0 Å². The Bertz CT molecular complexity index is 229. The van der Waals surface area contributed by atoms with Crippen LogP contribution in [-0.2, 0) is 4.79 Å². The lowest BCUT2D eigenvalue weighted by atomic mass is 9.70. The lowest BCUT2D eigenvalue weighted by Crippen LogP contribution is -2.54. The van der Waals surface area contributed by atoms with Gasteiger partial charge in [0.25, 0.3) is 0 Å². The number of rotatable bonds is 2. The zero-order chi connectivity index (χ0) is 9.47. The molecule has 2 fully saturated rings. The molecule has 1 saturated heterocycles. The fraction of sp³-hybridized carbons (Fsp3) is 0.900. The van der Waals surface area contributed by atoms with Crippen LogP contribution in [0, 0.1) is 5.92 Å². The summed E-state index contributed by atoms with van der Waals surface area (Å²) in [6.07, 6.45) is 3.94. The van der Waals surface area contributed by atoms with Crippen molar-refractivity contribution >= 4 is 5.91 Å². The number of amides is 1. The largest absolute Gasteiger partial charge is 0.340 e. The van der Waals surface area contributed by atoms with Crippen molar-refractivity contribution in [1.29, 1.82) is 0 Å². The molecule has 2 aliphatic rings. The van der Waals surface area contributed by atoms with Crippen LogP contribution in [0.4, 0.5) is 0 Å². The average molecular weight is 182 g/mol. The van der Waals surface area contributed by atoms with Gasteiger partial charge in [-0.1, -0.05) is 6.92 Å². The van der Waals surface area contributed by atoms with Crippen LogP contribution < -0.4 is 5.73 Å². The molecule has 0 radical (unpaired) electrons. The number of carbonyl (C=O) groups excluding carboxylic acids is 1. The molecule has 2 N–H and O–H groups in total. The number of nitrogens with two attached hydrogens (primary N) is 1. The maximum Gasteiger partial charge on any atom is 0.222 e. The van der Waals surface area contributed by atoms with Gasteiger partial charge >= 0.3 is 0 Å². The van der Waals surface area contributed by atoms with Crippen LogP contribution in [0.15, 0.2) is 0 Å². The molecule has 1 aliphatic carbocycles. The average Bonchev–Trinajstić information content (AvgIpc) is 2.30. The second-order valence-electron chi connectivity index (χ2n) is 4.49. The van der Waals surface area contributed by atoms with Gasteiger partial charge in [-0.25, -0.2) is 0 Å². The van der Waals surface area contributed by atoms with Crippen molar-refractivity contribution in [2.45, 2.75) is 38.1 Å². The second-order valence-corrected chi connectivity index (χ2v) is 4.49. The topological polar surface area (TPSA) is 46.3 Å². The molecule has 2 atom stereocenters. The SMILES string of the molecule is CCCC(=O)N1CC2CCC2(N)C1. The normalized spacial score (nSPS) is 37.1. The van der Waals surface area contributed by atoms with Crippen molar-refractivity contribution in [3.8, 4) is 0 Å². The summed E-state index contributed by atoms with van der Waals surface area (Å²) in [6, 6.07) is 0. The van der Waals surface area contributed by atoms with Crippen molar-refractivity contribution in [3.05, 3.63) is 0 Å². The molecule has 13 heavy (non-hydrogen) atoms. The lowest BCUT2D eigenvalue weighted by Gasteiger charge is -2.39. The molecule has 1 heterocycles. The maximum atomic E-state index is 11.6. The number of fused-ring (bicyclic) bond motifs is 1. The van der Waals surface area contributed by atoms with Crippen molar-refractivity contribution < 1.29 is 4.79 Å². The van der Waals surface area contributed by atoms with Gasteiger partial charge in [0.05, 0.1) is 0 Å². The minimum absolute atomic E-state index is 0.0105. The summed E-state index contributed by atoms with van der Waals surface area (Å²) in [6.45, 7) is 3.76. The second kappa shape index (κ2) is 2.98. The van der Waals surface area contributed by atoms with Gasteiger partial charge < -0.3 is 10.6 Å². The van der Waals surface area contributed by atoms with Crippen LogP contribution in [-0.4, -0.2) is 29.4 Å². The Hall–Kier alpha value is -0.570. The monoisotopic (exact) mass is 182 g/mol. The fourth-order valence-corrected chi connectivity index (χ4v) is 2.45. The summed E-state index contributed by atoms with van der Waals surface area (Å²) in [4.78, 5) is 13.5. The highest BCUT2D eigenvalue weighted by molar-refractivity contribution is 5.76. The van der Waals surface area contributed by atoms with Crippen LogP contribution >= 0.6 is 0 Å². The van der Waals surface area contributed by atoms with Crippen LogP contribution in [0.2, 0.25) is 0 Å². The number of carbonyl (C=O) groups is 1. The molecule has 1 aliphatic heterocycles. The van der Waals surface area contributed by atoms with Crippen LogP contribution in [0.25, 0.3) is 0 Å². The van der Waals surface area contributed by atoms with Crippen LogP contribution in [0.3, 0.4) is 0 Å². The molecule has 0 bridgehead atoms. The Morgan fingerprint density at radius 2 is 2.46 bits per heavy atom. The van der Waals surface area contributed by atoms with Gasteiger partial charge in [-0.3, -0.25) is 4.79 Å². The third kappa shape index (κ3) is 1.35. The molecule has 74 valence electrons. The van der Waals surface area contributed by atoms with E-state index in [1.807, 2.05) is 11.8 Å². The third-order valence-corrected chi connectivity index (χ3v) is 3.51. The van der Waals surface area contributed by atoms with E-state index in [1.165, 1.54) is 6.42 Å². The molecule has 2 unspecified atom stereocenters. The van der Waals surface area contributed by atoms with E-state index in [0.717, 1.165) is 25.9 Å². The Morgan fingerprint density at radius 1 is 1.69 bits per heavy atom. The summed E-state index contributed by atoms with van der Waals surface area (Å²) in [7, 11) is 0. The molecule has 2 rings (SSSR count). The molecule has 0 aromatic heterocycles. The molecule has 3 nitrogen and oxygen atoms in total. The zero-order valence-electron chi connectivity index (χ0n) is 8.25. The van der Waals surface area contributed by atoms with E-state index in [-0.39, 0.29) is 5.54 Å². The molecule has 1 amide bonds. The Balaban J connectivity index is 1.94. The molecule has 0 spiro atoms. The first-order valence-corrected chi connectivity index (χ1v) is 5.22. The summed E-state index contributed by atoms with van der Waals surface area (Å²) in [5, 5.41) is 0. The minimum Gasteiger partial charge on any atom is -0.340 e. The molecule has 3 heteroatoms.